The van der Waals surface area contributed by atoms with E-state index in [2.05, 4.69) is 26.1 Å². The summed E-state index contributed by atoms with van der Waals surface area (Å²) in [4.78, 5) is 0. The molecule has 120 valence electrons. The molecule has 0 aromatic rings. The van der Waals surface area contributed by atoms with Crippen LogP contribution in [-0.2, 0) is 0 Å². The molecule has 0 aliphatic heterocycles. The van der Waals surface area contributed by atoms with Crippen molar-refractivity contribution < 1.29 is 0 Å². The molecule has 0 heterocycles. The van der Waals surface area contributed by atoms with Gasteiger partial charge in [0.05, 0.1) is 0 Å². The molecular formula is C20H35N. The van der Waals surface area contributed by atoms with Crippen LogP contribution in [0.5, 0.6) is 0 Å². The third kappa shape index (κ3) is 2.69. The van der Waals surface area contributed by atoms with Crippen molar-refractivity contribution in [2.75, 3.05) is 0 Å². The predicted molar refractivity (Wildman–Crippen MR) is 89.2 cm³/mol. The first-order valence-electron chi connectivity index (χ1n) is 9.77. The van der Waals surface area contributed by atoms with Crippen LogP contribution in [0.15, 0.2) is 0 Å². The molecule has 0 aromatic heterocycles. The maximum Gasteiger partial charge on any atom is 0.0127 e. The van der Waals surface area contributed by atoms with E-state index in [0.717, 1.165) is 41.7 Å². The van der Waals surface area contributed by atoms with Crippen molar-refractivity contribution in [3.8, 4) is 0 Å². The van der Waals surface area contributed by atoms with E-state index in [1.165, 1.54) is 25.7 Å². The van der Waals surface area contributed by atoms with E-state index in [9.17, 15) is 0 Å². The van der Waals surface area contributed by atoms with E-state index in [1.807, 2.05) is 0 Å². The fourth-order valence-corrected chi connectivity index (χ4v) is 6.81. The Balaban J connectivity index is 1.47. The van der Waals surface area contributed by atoms with E-state index in [1.54, 1.807) is 32.1 Å². The first kappa shape index (κ1) is 14.5. The van der Waals surface area contributed by atoms with Crippen LogP contribution in [0.2, 0.25) is 0 Å². The third-order valence-electron chi connectivity index (χ3n) is 7.51. The van der Waals surface area contributed by atoms with Crippen molar-refractivity contribution in [1.29, 1.82) is 0 Å². The van der Waals surface area contributed by atoms with Crippen molar-refractivity contribution in [2.24, 2.45) is 35.0 Å². The van der Waals surface area contributed by atoms with Crippen molar-refractivity contribution in [1.82, 2.24) is 5.32 Å². The highest BCUT2D eigenvalue weighted by Gasteiger charge is 2.49. The monoisotopic (exact) mass is 289 g/mol. The summed E-state index contributed by atoms with van der Waals surface area (Å²) in [5.41, 5.74) is 0.476. The zero-order valence-electron chi connectivity index (χ0n) is 14.4. The zero-order chi connectivity index (χ0) is 14.6. The van der Waals surface area contributed by atoms with Gasteiger partial charge >= 0.3 is 0 Å². The fourth-order valence-electron chi connectivity index (χ4n) is 6.81. The molecule has 4 bridgehead atoms. The van der Waals surface area contributed by atoms with Gasteiger partial charge in [-0.25, -0.2) is 0 Å². The van der Waals surface area contributed by atoms with Crippen LogP contribution in [0.3, 0.4) is 0 Å². The lowest BCUT2D eigenvalue weighted by molar-refractivity contribution is -0.0270. The van der Waals surface area contributed by atoms with Crippen LogP contribution in [-0.4, -0.2) is 12.1 Å². The second kappa shape index (κ2) is 5.25. The van der Waals surface area contributed by atoms with Gasteiger partial charge in [-0.3, -0.25) is 0 Å². The average molecular weight is 290 g/mol. The minimum Gasteiger partial charge on any atom is -0.310 e. The Morgan fingerprint density at radius 2 is 1.33 bits per heavy atom. The smallest absolute Gasteiger partial charge is 0.0127 e. The topological polar surface area (TPSA) is 12.0 Å². The Morgan fingerprint density at radius 3 is 1.90 bits per heavy atom. The first-order valence-corrected chi connectivity index (χ1v) is 9.77. The molecule has 2 unspecified atom stereocenters. The number of nitrogens with one attached hydrogen (secondary N) is 1. The predicted octanol–water partition coefficient (Wildman–Crippen LogP) is 5.01. The highest BCUT2D eigenvalue weighted by atomic mass is 15.0. The van der Waals surface area contributed by atoms with Crippen LogP contribution >= 0.6 is 0 Å². The van der Waals surface area contributed by atoms with Gasteiger partial charge in [0.25, 0.3) is 0 Å². The number of rotatable bonds is 2. The van der Waals surface area contributed by atoms with Gasteiger partial charge in [0.15, 0.2) is 0 Å². The molecule has 21 heavy (non-hydrogen) atoms. The normalized spacial score (nSPS) is 49.6. The second-order valence-corrected chi connectivity index (χ2v) is 9.99. The van der Waals surface area contributed by atoms with E-state index >= 15 is 0 Å². The Hall–Kier alpha value is -0.0400. The average Bonchev–Trinajstić information content (AvgIpc) is 2.41. The highest BCUT2D eigenvalue weighted by Crippen LogP contribution is 2.54. The van der Waals surface area contributed by atoms with E-state index in [-0.39, 0.29) is 0 Å². The first-order chi connectivity index (χ1) is 10.0. The lowest BCUT2D eigenvalue weighted by Crippen LogP contribution is -2.59. The van der Waals surface area contributed by atoms with Crippen molar-refractivity contribution in [2.45, 2.75) is 90.6 Å². The summed E-state index contributed by atoms with van der Waals surface area (Å²) in [7, 11) is 0. The van der Waals surface area contributed by atoms with Gasteiger partial charge in [0.1, 0.15) is 0 Å². The van der Waals surface area contributed by atoms with Gasteiger partial charge in [-0.2, -0.15) is 0 Å². The minimum atomic E-state index is 0.476. The molecule has 5 saturated carbocycles. The van der Waals surface area contributed by atoms with Gasteiger partial charge < -0.3 is 5.32 Å². The summed E-state index contributed by atoms with van der Waals surface area (Å²) in [5, 5.41) is 4.26. The molecule has 1 N–H and O–H groups in total. The van der Waals surface area contributed by atoms with Crippen molar-refractivity contribution >= 4 is 0 Å². The summed E-state index contributed by atoms with van der Waals surface area (Å²) >= 11 is 0. The minimum absolute atomic E-state index is 0.476. The molecule has 1 nitrogen and oxygen atoms in total. The molecular weight excluding hydrogens is 254 g/mol. The molecule has 0 radical (unpaired) electrons. The van der Waals surface area contributed by atoms with E-state index in [4.69, 9.17) is 0 Å². The molecule has 0 amide bonds. The van der Waals surface area contributed by atoms with Crippen LogP contribution < -0.4 is 5.32 Å². The summed E-state index contributed by atoms with van der Waals surface area (Å²) in [5.74, 6) is 5.17. The van der Waals surface area contributed by atoms with Crippen molar-refractivity contribution in [3.63, 3.8) is 0 Å². The highest BCUT2D eigenvalue weighted by molar-refractivity contribution is 5.03. The van der Waals surface area contributed by atoms with E-state index < -0.39 is 0 Å². The van der Waals surface area contributed by atoms with Gasteiger partial charge in [-0.15, -0.1) is 0 Å². The SMILES string of the molecule is CC(C)(C)C1CCCCC1NC1C2CC3CC(C2)CC1C3. The summed E-state index contributed by atoms with van der Waals surface area (Å²) in [6.07, 6.45) is 13.6. The Labute approximate surface area is 131 Å². The summed E-state index contributed by atoms with van der Waals surface area (Å²) in [6.45, 7) is 7.40. The largest absolute Gasteiger partial charge is 0.310 e. The van der Waals surface area contributed by atoms with Crippen LogP contribution in [0.25, 0.3) is 0 Å². The molecule has 1 heteroatoms. The lowest BCUT2D eigenvalue weighted by atomic mass is 9.54. The van der Waals surface area contributed by atoms with Gasteiger partial charge in [-0.05, 0) is 80.0 Å². The standard InChI is InChI=1S/C20H35N/c1-20(2,3)17-6-4-5-7-18(17)21-19-15-9-13-8-14(11-15)12-16(19)10-13/h13-19,21H,4-12H2,1-3H3. The molecule has 5 rings (SSSR count). The Kier molecular flexibility index (Phi) is 3.64. The quantitative estimate of drug-likeness (QED) is 0.754. The molecule has 0 spiro atoms. The molecule has 2 atom stereocenters. The maximum atomic E-state index is 4.26. The van der Waals surface area contributed by atoms with E-state index in [0.29, 0.717) is 5.41 Å². The molecule has 5 aliphatic carbocycles. The molecule has 5 fully saturated rings. The maximum absolute atomic E-state index is 4.26. The molecule has 5 aliphatic rings. The van der Waals surface area contributed by atoms with Crippen LogP contribution in [0, 0.1) is 35.0 Å². The zero-order valence-corrected chi connectivity index (χ0v) is 14.4. The third-order valence-corrected chi connectivity index (χ3v) is 7.51. The van der Waals surface area contributed by atoms with Crippen LogP contribution in [0.4, 0.5) is 0 Å². The Morgan fingerprint density at radius 1 is 0.762 bits per heavy atom. The molecule has 0 aromatic carbocycles. The summed E-state index contributed by atoms with van der Waals surface area (Å²) < 4.78 is 0. The number of hydrogen-bond acceptors (Lipinski definition) is 1. The van der Waals surface area contributed by atoms with Gasteiger partial charge in [0, 0.05) is 12.1 Å². The van der Waals surface area contributed by atoms with Gasteiger partial charge in [-0.1, -0.05) is 33.6 Å². The lowest BCUT2D eigenvalue weighted by Gasteiger charge is -2.56. The van der Waals surface area contributed by atoms with Gasteiger partial charge in [0.2, 0.25) is 0 Å². The second-order valence-electron chi connectivity index (χ2n) is 9.99. The van der Waals surface area contributed by atoms with Crippen molar-refractivity contribution in [3.05, 3.63) is 0 Å². The fraction of sp³-hybridized carbons (Fsp3) is 1.00. The Bertz CT molecular complexity index is 352. The van der Waals surface area contributed by atoms with Crippen LogP contribution in [0.1, 0.15) is 78.6 Å². The molecule has 0 saturated heterocycles. The summed E-state index contributed by atoms with van der Waals surface area (Å²) in [6, 6.07) is 1.69. The number of hydrogen-bond donors (Lipinski definition) is 1.